The molecule has 1 aliphatic rings. The minimum absolute atomic E-state index is 0.395. The molecule has 0 radical (unpaired) electrons. The highest BCUT2D eigenvalue weighted by molar-refractivity contribution is 5.90. The van der Waals surface area contributed by atoms with E-state index in [9.17, 15) is 19.5 Å². The number of hydrogen-bond donors (Lipinski definition) is 4. The summed E-state index contributed by atoms with van der Waals surface area (Å²) in [4.78, 5) is 35.0. The molecule has 5 N–H and O–H groups in total. The van der Waals surface area contributed by atoms with Gasteiger partial charge in [-0.2, -0.15) is 0 Å². The van der Waals surface area contributed by atoms with Gasteiger partial charge in [0.15, 0.2) is 0 Å². The number of primary amides is 1. The maximum Gasteiger partial charge on any atom is 0.329 e. The minimum Gasteiger partial charge on any atom is -0.480 e. The van der Waals surface area contributed by atoms with Crippen molar-refractivity contribution in [3.63, 3.8) is 0 Å². The molecule has 1 unspecified atom stereocenters. The molecule has 21 heavy (non-hydrogen) atoms. The van der Waals surface area contributed by atoms with Crippen molar-refractivity contribution in [3.05, 3.63) is 0 Å². The predicted molar refractivity (Wildman–Crippen MR) is 77.6 cm³/mol. The molecule has 0 bridgehead atoms. The standard InChI is InChI=1S/C14H25N3O4/c1-13(2,3)9(10(15)18)16-12(21)17-14(11(19)20)7-5-4-6-8-14/h9H,4-8H2,1-3H3,(H2,15,18)(H,19,20)(H2,16,17,21). The van der Waals surface area contributed by atoms with Crippen LogP contribution in [0.5, 0.6) is 0 Å². The molecule has 0 aromatic rings. The maximum atomic E-state index is 12.1. The van der Waals surface area contributed by atoms with E-state index >= 15 is 0 Å². The van der Waals surface area contributed by atoms with Crippen LogP contribution in [0.4, 0.5) is 4.79 Å². The number of aliphatic carboxylic acids is 1. The van der Waals surface area contributed by atoms with Crippen molar-refractivity contribution in [1.29, 1.82) is 0 Å². The van der Waals surface area contributed by atoms with Gasteiger partial charge < -0.3 is 21.5 Å². The molecular formula is C14H25N3O4. The molecule has 1 rings (SSSR count). The van der Waals surface area contributed by atoms with Crippen LogP contribution in [0.2, 0.25) is 0 Å². The Labute approximate surface area is 124 Å². The fraction of sp³-hybridized carbons (Fsp3) is 0.786. The molecule has 1 fully saturated rings. The maximum absolute atomic E-state index is 12.1. The van der Waals surface area contributed by atoms with Crippen LogP contribution in [0.15, 0.2) is 0 Å². The number of carboxylic acids is 1. The highest BCUT2D eigenvalue weighted by Gasteiger charge is 2.42. The molecule has 0 aromatic carbocycles. The van der Waals surface area contributed by atoms with E-state index in [-0.39, 0.29) is 0 Å². The first kappa shape index (κ1) is 17.3. The van der Waals surface area contributed by atoms with Gasteiger partial charge in [0.1, 0.15) is 11.6 Å². The van der Waals surface area contributed by atoms with Crippen LogP contribution in [0.3, 0.4) is 0 Å². The molecule has 7 heteroatoms. The molecule has 120 valence electrons. The summed E-state index contributed by atoms with van der Waals surface area (Å²) in [6.45, 7) is 5.32. The number of amides is 3. The summed E-state index contributed by atoms with van der Waals surface area (Å²) in [7, 11) is 0. The van der Waals surface area contributed by atoms with E-state index in [4.69, 9.17) is 5.73 Å². The average Bonchev–Trinajstić information content (AvgIpc) is 2.35. The van der Waals surface area contributed by atoms with E-state index in [1.165, 1.54) is 0 Å². The number of carbonyl (C=O) groups is 3. The molecule has 0 aliphatic heterocycles. The summed E-state index contributed by atoms with van der Waals surface area (Å²) in [5.41, 5.74) is 3.50. The van der Waals surface area contributed by atoms with Gasteiger partial charge in [-0.3, -0.25) is 4.79 Å². The summed E-state index contributed by atoms with van der Waals surface area (Å²) >= 11 is 0. The van der Waals surface area contributed by atoms with Crippen LogP contribution < -0.4 is 16.4 Å². The van der Waals surface area contributed by atoms with Gasteiger partial charge in [0, 0.05) is 0 Å². The lowest BCUT2D eigenvalue weighted by atomic mass is 9.81. The molecule has 1 atom stereocenters. The Hall–Kier alpha value is -1.79. The number of urea groups is 1. The van der Waals surface area contributed by atoms with Gasteiger partial charge in [0.25, 0.3) is 0 Å². The zero-order valence-electron chi connectivity index (χ0n) is 12.9. The van der Waals surface area contributed by atoms with Crippen molar-refractivity contribution in [2.24, 2.45) is 11.1 Å². The molecule has 0 heterocycles. The van der Waals surface area contributed by atoms with E-state index < -0.39 is 34.9 Å². The predicted octanol–water partition coefficient (Wildman–Crippen LogP) is 0.973. The summed E-state index contributed by atoms with van der Waals surface area (Å²) in [6.07, 6.45) is 3.26. The third-order valence-corrected chi connectivity index (χ3v) is 3.90. The van der Waals surface area contributed by atoms with Crippen molar-refractivity contribution < 1.29 is 19.5 Å². The summed E-state index contributed by atoms with van der Waals surface area (Å²) < 4.78 is 0. The molecule has 1 aliphatic carbocycles. The number of nitrogens with two attached hydrogens (primary N) is 1. The van der Waals surface area contributed by atoms with E-state index in [0.717, 1.165) is 19.3 Å². The Morgan fingerprint density at radius 3 is 2.05 bits per heavy atom. The van der Waals surface area contributed by atoms with Crippen molar-refractivity contribution in [2.45, 2.75) is 64.5 Å². The summed E-state index contributed by atoms with van der Waals surface area (Å²) in [6, 6.07) is -1.54. The Kier molecular flexibility index (Phi) is 5.20. The first-order valence-corrected chi connectivity index (χ1v) is 7.20. The first-order chi connectivity index (χ1) is 9.58. The van der Waals surface area contributed by atoms with Crippen molar-refractivity contribution in [1.82, 2.24) is 10.6 Å². The van der Waals surface area contributed by atoms with Crippen LogP contribution >= 0.6 is 0 Å². The molecule has 0 saturated heterocycles. The topological polar surface area (TPSA) is 122 Å². The molecule has 1 saturated carbocycles. The van der Waals surface area contributed by atoms with Gasteiger partial charge in [-0.1, -0.05) is 40.0 Å². The number of nitrogens with one attached hydrogen (secondary N) is 2. The zero-order chi connectivity index (χ0) is 16.3. The molecule has 3 amide bonds. The number of hydrogen-bond acceptors (Lipinski definition) is 3. The van der Waals surface area contributed by atoms with E-state index in [0.29, 0.717) is 12.8 Å². The second-order valence-electron chi connectivity index (χ2n) is 6.75. The average molecular weight is 299 g/mol. The van der Waals surface area contributed by atoms with E-state index in [2.05, 4.69) is 10.6 Å². The van der Waals surface area contributed by atoms with Gasteiger partial charge in [-0.05, 0) is 18.3 Å². The second kappa shape index (κ2) is 6.32. The summed E-state index contributed by atoms with van der Waals surface area (Å²) in [5.74, 6) is -1.69. The van der Waals surface area contributed by atoms with Gasteiger partial charge in [-0.15, -0.1) is 0 Å². The number of carbonyl (C=O) groups excluding carboxylic acids is 2. The van der Waals surface area contributed by atoms with E-state index in [1.54, 1.807) is 20.8 Å². The van der Waals surface area contributed by atoms with Crippen molar-refractivity contribution >= 4 is 17.9 Å². The second-order valence-corrected chi connectivity index (χ2v) is 6.75. The fourth-order valence-electron chi connectivity index (χ4n) is 2.65. The number of rotatable bonds is 4. The largest absolute Gasteiger partial charge is 0.480 e. The van der Waals surface area contributed by atoms with Crippen molar-refractivity contribution in [2.75, 3.05) is 0 Å². The lowest BCUT2D eigenvalue weighted by Gasteiger charge is -2.35. The van der Waals surface area contributed by atoms with Crippen LogP contribution in [-0.4, -0.2) is 34.6 Å². The smallest absolute Gasteiger partial charge is 0.329 e. The Morgan fingerprint density at radius 2 is 1.67 bits per heavy atom. The SMILES string of the molecule is CC(C)(C)C(NC(=O)NC1(C(=O)O)CCCCC1)C(N)=O. The van der Waals surface area contributed by atoms with Gasteiger partial charge in [-0.25, -0.2) is 9.59 Å². The quantitative estimate of drug-likeness (QED) is 0.618. The Bertz CT molecular complexity index is 422. The first-order valence-electron chi connectivity index (χ1n) is 7.20. The van der Waals surface area contributed by atoms with Gasteiger partial charge in [0.2, 0.25) is 5.91 Å². The van der Waals surface area contributed by atoms with Crippen LogP contribution in [0, 0.1) is 5.41 Å². The van der Waals surface area contributed by atoms with Crippen LogP contribution in [0.1, 0.15) is 52.9 Å². The lowest BCUT2D eigenvalue weighted by molar-refractivity contribution is -0.145. The Morgan fingerprint density at radius 1 is 1.14 bits per heavy atom. The van der Waals surface area contributed by atoms with Crippen LogP contribution in [0.25, 0.3) is 0 Å². The monoisotopic (exact) mass is 299 g/mol. The molecular weight excluding hydrogens is 274 g/mol. The molecule has 0 spiro atoms. The molecule has 0 aromatic heterocycles. The highest BCUT2D eigenvalue weighted by Crippen LogP contribution is 2.28. The van der Waals surface area contributed by atoms with Gasteiger partial charge >= 0.3 is 12.0 Å². The summed E-state index contributed by atoms with van der Waals surface area (Å²) in [5, 5.41) is 14.4. The lowest BCUT2D eigenvalue weighted by Crippen LogP contribution is -2.62. The highest BCUT2D eigenvalue weighted by atomic mass is 16.4. The van der Waals surface area contributed by atoms with E-state index in [1.807, 2.05) is 0 Å². The van der Waals surface area contributed by atoms with Gasteiger partial charge in [0.05, 0.1) is 0 Å². The zero-order valence-corrected chi connectivity index (χ0v) is 12.9. The van der Waals surface area contributed by atoms with Crippen LogP contribution in [-0.2, 0) is 9.59 Å². The normalized spacial score (nSPS) is 19.4. The fourth-order valence-corrected chi connectivity index (χ4v) is 2.65. The minimum atomic E-state index is -1.25. The third kappa shape index (κ3) is 4.34. The Balaban J connectivity index is 2.78. The third-order valence-electron chi connectivity index (χ3n) is 3.90. The number of carboxylic acid groups (broad SMARTS) is 1. The van der Waals surface area contributed by atoms with Crippen molar-refractivity contribution in [3.8, 4) is 0 Å². The molecule has 7 nitrogen and oxygen atoms in total.